The number of hydrogen-bond donors (Lipinski definition) is 1. The highest BCUT2D eigenvalue weighted by molar-refractivity contribution is 7.09. The maximum absolute atomic E-state index is 6.10. The summed E-state index contributed by atoms with van der Waals surface area (Å²) in [5.74, 6) is 0.845. The number of nitrogens with two attached hydrogens (primary N) is 1. The fourth-order valence-corrected chi connectivity index (χ4v) is 4.24. The van der Waals surface area contributed by atoms with Crippen LogP contribution in [0.5, 0.6) is 0 Å². The second-order valence-corrected chi connectivity index (χ2v) is 7.19. The van der Waals surface area contributed by atoms with Crippen LogP contribution in [0, 0.1) is 11.3 Å². The van der Waals surface area contributed by atoms with E-state index in [-0.39, 0.29) is 0 Å². The molecular weight excluding hydrogens is 240 g/mol. The second-order valence-electron chi connectivity index (χ2n) is 6.16. The Morgan fingerprint density at radius 1 is 1.56 bits per heavy atom. The first kappa shape index (κ1) is 14.0. The summed E-state index contributed by atoms with van der Waals surface area (Å²) in [5.41, 5.74) is 6.46. The lowest BCUT2D eigenvalue weighted by atomic mass is 9.70. The Labute approximate surface area is 115 Å². The summed E-state index contributed by atoms with van der Waals surface area (Å²) in [6.45, 7) is 5.43. The molecule has 2 atom stereocenters. The Morgan fingerprint density at radius 2 is 2.39 bits per heavy atom. The normalized spacial score (nSPS) is 28.8. The van der Waals surface area contributed by atoms with Gasteiger partial charge in [-0.15, -0.1) is 11.3 Å². The first-order valence-corrected chi connectivity index (χ1v) is 7.92. The summed E-state index contributed by atoms with van der Waals surface area (Å²) >= 11 is 1.85. The van der Waals surface area contributed by atoms with Crippen LogP contribution in [0.1, 0.15) is 37.5 Å². The predicted octanol–water partition coefficient (Wildman–Crippen LogP) is 3.34. The van der Waals surface area contributed by atoms with Crippen LogP contribution in [0.4, 0.5) is 0 Å². The minimum Gasteiger partial charge on any atom is -0.330 e. The van der Waals surface area contributed by atoms with Gasteiger partial charge in [0.05, 0.1) is 0 Å². The van der Waals surface area contributed by atoms with Gasteiger partial charge in [0.1, 0.15) is 0 Å². The van der Waals surface area contributed by atoms with Gasteiger partial charge in [0.25, 0.3) is 0 Å². The highest BCUT2D eigenvalue weighted by atomic mass is 32.1. The van der Waals surface area contributed by atoms with Crippen LogP contribution in [-0.4, -0.2) is 25.0 Å². The first-order chi connectivity index (χ1) is 8.63. The van der Waals surface area contributed by atoms with Crippen molar-refractivity contribution in [1.82, 2.24) is 4.90 Å². The Kier molecular flexibility index (Phi) is 4.82. The maximum atomic E-state index is 6.10. The molecule has 2 N–H and O–H groups in total. The molecule has 0 radical (unpaired) electrons. The number of hydrogen-bond acceptors (Lipinski definition) is 3. The highest BCUT2D eigenvalue weighted by Gasteiger charge is 2.34. The second kappa shape index (κ2) is 6.18. The maximum Gasteiger partial charge on any atom is 0.0325 e. The fraction of sp³-hybridized carbons (Fsp3) is 0.733. The summed E-state index contributed by atoms with van der Waals surface area (Å²) in [6.07, 6.45) is 5.35. The number of thiophene rings is 1. The Hall–Kier alpha value is -0.380. The lowest BCUT2D eigenvalue weighted by Crippen LogP contribution is -2.43. The average Bonchev–Trinajstić information content (AvgIpc) is 2.81. The molecule has 0 spiro atoms. The summed E-state index contributed by atoms with van der Waals surface area (Å²) in [6, 6.07) is 4.36. The van der Waals surface area contributed by atoms with Gasteiger partial charge in [-0.2, -0.15) is 0 Å². The van der Waals surface area contributed by atoms with E-state index in [1.54, 1.807) is 0 Å². The molecule has 0 bridgehead atoms. The molecule has 102 valence electrons. The van der Waals surface area contributed by atoms with E-state index in [1.165, 1.54) is 30.6 Å². The fourth-order valence-electron chi connectivity index (χ4n) is 3.46. The van der Waals surface area contributed by atoms with E-state index in [1.807, 2.05) is 11.3 Å². The van der Waals surface area contributed by atoms with Crippen LogP contribution in [0.2, 0.25) is 0 Å². The SMILES string of the molecule is CC1CCCC(CN)(CN(C)Cc2cccs2)C1. The molecule has 1 aromatic rings. The van der Waals surface area contributed by atoms with Crippen molar-refractivity contribution in [3.05, 3.63) is 22.4 Å². The van der Waals surface area contributed by atoms with Gasteiger partial charge in [0, 0.05) is 18.0 Å². The molecule has 1 saturated carbocycles. The van der Waals surface area contributed by atoms with E-state index in [9.17, 15) is 0 Å². The van der Waals surface area contributed by atoms with Crippen molar-refractivity contribution in [2.24, 2.45) is 17.1 Å². The minimum atomic E-state index is 0.365. The van der Waals surface area contributed by atoms with Gasteiger partial charge in [-0.3, -0.25) is 0 Å². The van der Waals surface area contributed by atoms with Gasteiger partial charge < -0.3 is 10.6 Å². The van der Waals surface area contributed by atoms with E-state index in [0.29, 0.717) is 5.41 Å². The molecule has 0 saturated heterocycles. The molecule has 18 heavy (non-hydrogen) atoms. The lowest BCUT2D eigenvalue weighted by molar-refractivity contribution is 0.0986. The Balaban J connectivity index is 1.92. The van der Waals surface area contributed by atoms with Crippen LogP contribution in [0.25, 0.3) is 0 Å². The molecule has 1 aromatic heterocycles. The van der Waals surface area contributed by atoms with Gasteiger partial charge in [-0.05, 0) is 49.2 Å². The molecule has 3 heteroatoms. The zero-order valence-corrected chi connectivity index (χ0v) is 12.5. The molecule has 2 unspecified atom stereocenters. The van der Waals surface area contributed by atoms with Crippen LogP contribution < -0.4 is 5.73 Å². The molecule has 1 aliphatic carbocycles. The molecular formula is C15H26N2S. The Morgan fingerprint density at radius 3 is 3.00 bits per heavy atom. The smallest absolute Gasteiger partial charge is 0.0325 e. The van der Waals surface area contributed by atoms with Gasteiger partial charge >= 0.3 is 0 Å². The van der Waals surface area contributed by atoms with Crippen LogP contribution in [0.3, 0.4) is 0 Å². The van der Waals surface area contributed by atoms with Gasteiger partial charge in [-0.1, -0.05) is 25.8 Å². The van der Waals surface area contributed by atoms with E-state index >= 15 is 0 Å². The van der Waals surface area contributed by atoms with E-state index < -0.39 is 0 Å². The quantitative estimate of drug-likeness (QED) is 0.885. The molecule has 0 amide bonds. The van der Waals surface area contributed by atoms with Crippen molar-refractivity contribution >= 4 is 11.3 Å². The van der Waals surface area contributed by atoms with Crippen molar-refractivity contribution < 1.29 is 0 Å². The molecule has 0 aromatic carbocycles. The Bertz CT molecular complexity index is 349. The van der Waals surface area contributed by atoms with Crippen LogP contribution in [0.15, 0.2) is 17.5 Å². The minimum absolute atomic E-state index is 0.365. The molecule has 1 heterocycles. The van der Waals surface area contributed by atoms with E-state index in [2.05, 4.69) is 36.4 Å². The van der Waals surface area contributed by atoms with Crippen LogP contribution >= 0.6 is 11.3 Å². The topological polar surface area (TPSA) is 29.3 Å². The third-order valence-corrected chi connectivity index (χ3v) is 5.09. The third-order valence-electron chi connectivity index (χ3n) is 4.23. The summed E-state index contributed by atoms with van der Waals surface area (Å²) in [5, 5.41) is 2.16. The highest BCUT2D eigenvalue weighted by Crippen LogP contribution is 2.39. The number of rotatable bonds is 5. The zero-order valence-electron chi connectivity index (χ0n) is 11.7. The molecule has 1 fully saturated rings. The van der Waals surface area contributed by atoms with Crippen molar-refractivity contribution in [3.8, 4) is 0 Å². The van der Waals surface area contributed by atoms with Crippen molar-refractivity contribution in [2.45, 2.75) is 39.2 Å². The monoisotopic (exact) mass is 266 g/mol. The molecule has 2 nitrogen and oxygen atoms in total. The van der Waals surface area contributed by atoms with Gasteiger partial charge in [0.2, 0.25) is 0 Å². The average molecular weight is 266 g/mol. The molecule has 2 rings (SSSR count). The lowest BCUT2D eigenvalue weighted by Gasteiger charge is -2.41. The third kappa shape index (κ3) is 3.56. The van der Waals surface area contributed by atoms with Crippen molar-refractivity contribution in [2.75, 3.05) is 20.1 Å². The van der Waals surface area contributed by atoms with Crippen LogP contribution in [-0.2, 0) is 6.54 Å². The molecule has 0 aliphatic heterocycles. The standard InChI is InChI=1S/C15H26N2S/c1-13-5-3-7-15(9-13,11-16)12-17(2)10-14-6-4-8-18-14/h4,6,8,13H,3,5,7,9-12,16H2,1-2H3. The first-order valence-electron chi connectivity index (χ1n) is 7.04. The summed E-state index contributed by atoms with van der Waals surface area (Å²) < 4.78 is 0. The predicted molar refractivity (Wildman–Crippen MR) is 79.8 cm³/mol. The largest absolute Gasteiger partial charge is 0.330 e. The zero-order chi connectivity index (χ0) is 13.0. The van der Waals surface area contributed by atoms with E-state index in [0.717, 1.165) is 25.6 Å². The summed E-state index contributed by atoms with van der Waals surface area (Å²) in [7, 11) is 2.23. The molecule has 1 aliphatic rings. The van der Waals surface area contributed by atoms with Crippen molar-refractivity contribution in [3.63, 3.8) is 0 Å². The van der Waals surface area contributed by atoms with Gasteiger partial charge in [0.15, 0.2) is 0 Å². The van der Waals surface area contributed by atoms with Crippen molar-refractivity contribution in [1.29, 1.82) is 0 Å². The van der Waals surface area contributed by atoms with Gasteiger partial charge in [-0.25, -0.2) is 0 Å². The summed E-state index contributed by atoms with van der Waals surface area (Å²) in [4.78, 5) is 3.91. The number of nitrogens with zero attached hydrogens (tertiary/aromatic N) is 1. The van der Waals surface area contributed by atoms with E-state index in [4.69, 9.17) is 5.73 Å².